The number of hydrogen-bond acceptors (Lipinski definition) is 5. The predicted octanol–water partition coefficient (Wildman–Crippen LogP) is 4.07. The molecule has 1 N–H and O–H groups in total. The lowest BCUT2D eigenvalue weighted by molar-refractivity contribution is 0.415. The fourth-order valence-corrected chi connectivity index (χ4v) is 3.42. The van der Waals surface area contributed by atoms with Crippen LogP contribution in [0.4, 0.5) is 0 Å². The van der Waals surface area contributed by atoms with Gasteiger partial charge < -0.3 is 10.1 Å². The number of hydrogen-bond donors (Lipinski definition) is 1. The first-order chi connectivity index (χ1) is 13.1. The third kappa shape index (κ3) is 2.84. The molecule has 0 amide bonds. The van der Waals surface area contributed by atoms with Crippen molar-refractivity contribution >= 4 is 11.3 Å². The molecule has 0 heterocycles. The molecule has 130 valence electrons. The molecule has 27 heavy (non-hydrogen) atoms. The van der Waals surface area contributed by atoms with Crippen LogP contribution in [0.2, 0.25) is 0 Å². The number of rotatable bonds is 3. The minimum atomic E-state index is -1.71. The summed E-state index contributed by atoms with van der Waals surface area (Å²) in [6.07, 6.45) is 1.79. The molecule has 0 aromatic heterocycles. The number of methoxy groups -OCH3 is 1. The molecular weight excluding hydrogens is 336 g/mol. The summed E-state index contributed by atoms with van der Waals surface area (Å²) < 4.78 is 5.18. The van der Waals surface area contributed by atoms with Crippen LogP contribution in [0.1, 0.15) is 17.0 Å². The van der Waals surface area contributed by atoms with Gasteiger partial charge in [-0.1, -0.05) is 48.5 Å². The second kappa shape index (κ2) is 7.16. The summed E-state index contributed by atoms with van der Waals surface area (Å²) in [7, 11) is 1.57. The van der Waals surface area contributed by atoms with Gasteiger partial charge in [0.25, 0.3) is 0 Å². The Morgan fingerprint density at radius 1 is 0.963 bits per heavy atom. The summed E-state index contributed by atoms with van der Waals surface area (Å²) in [6, 6.07) is 22.5. The summed E-state index contributed by atoms with van der Waals surface area (Å²) in [5.74, 6) is -0.915. The van der Waals surface area contributed by atoms with E-state index in [4.69, 9.17) is 10.1 Å². The van der Waals surface area contributed by atoms with Gasteiger partial charge in [0.15, 0.2) is 5.41 Å². The van der Waals surface area contributed by atoms with E-state index in [1.54, 1.807) is 25.3 Å². The van der Waals surface area contributed by atoms with Crippen LogP contribution in [0.3, 0.4) is 0 Å². The van der Waals surface area contributed by atoms with Gasteiger partial charge in [-0.05, 0) is 28.8 Å². The summed E-state index contributed by atoms with van der Waals surface area (Å²) in [6.45, 7) is 0. The maximum Gasteiger partial charge on any atom is 0.192 e. The average Bonchev–Trinajstić information content (AvgIpc) is 2.74. The quantitative estimate of drug-likeness (QED) is 0.899. The fourth-order valence-electron chi connectivity index (χ4n) is 3.42. The van der Waals surface area contributed by atoms with Gasteiger partial charge in [0, 0.05) is 5.92 Å². The molecule has 3 rings (SSSR count). The molecule has 5 heteroatoms. The Labute approximate surface area is 157 Å². The van der Waals surface area contributed by atoms with Gasteiger partial charge >= 0.3 is 0 Å². The molecule has 2 aromatic rings. The molecule has 0 bridgehead atoms. The highest BCUT2D eigenvalue weighted by molar-refractivity contribution is 6.07. The highest BCUT2D eigenvalue weighted by Gasteiger charge is 2.51. The lowest BCUT2D eigenvalue weighted by atomic mass is 9.61. The fraction of sp³-hybridized carbons (Fsp3) is 0.182. The van der Waals surface area contributed by atoms with E-state index < -0.39 is 17.3 Å². The first-order valence-electron chi connectivity index (χ1n) is 8.33. The Morgan fingerprint density at radius 2 is 1.59 bits per heavy atom. The number of nitrogens with one attached hydrogen (secondary N) is 1. The van der Waals surface area contributed by atoms with E-state index in [0.717, 1.165) is 11.1 Å². The SMILES string of the molecule is COc1ccc(C2=C[C@@H](c3ccccc3)C(C#N)(C#N)C(=N)C2C#N)cc1. The van der Waals surface area contributed by atoms with Crippen molar-refractivity contribution in [2.45, 2.75) is 5.92 Å². The van der Waals surface area contributed by atoms with Gasteiger partial charge in [0.2, 0.25) is 0 Å². The van der Waals surface area contributed by atoms with E-state index in [2.05, 4.69) is 6.07 Å². The molecule has 2 atom stereocenters. The number of nitriles is 3. The van der Waals surface area contributed by atoms with E-state index in [9.17, 15) is 15.8 Å². The lowest BCUT2D eigenvalue weighted by Crippen LogP contribution is -2.41. The molecule has 1 aliphatic carbocycles. The molecule has 0 fully saturated rings. The van der Waals surface area contributed by atoms with E-state index in [-0.39, 0.29) is 5.71 Å². The Kier molecular flexibility index (Phi) is 4.75. The normalized spacial score (nSPS) is 20.5. The molecule has 5 nitrogen and oxygen atoms in total. The molecule has 2 aromatic carbocycles. The van der Waals surface area contributed by atoms with Crippen LogP contribution in [0.25, 0.3) is 5.57 Å². The molecule has 0 aliphatic heterocycles. The van der Waals surface area contributed by atoms with Gasteiger partial charge in [-0.2, -0.15) is 15.8 Å². The zero-order chi connectivity index (χ0) is 19.4. The second-order valence-electron chi connectivity index (χ2n) is 6.25. The lowest BCUT2D eigenvalue weighted by Gasteiger charge is -2.36. The average molecular weight is 352 g/mol. The molecule has 0 saturated heterocycles. The van der Waals surface area contributed by atoms with Gasteiger partial charge in [0.05, 0.1) is 31.0 Å². The maximum atomic E-state index is 9.81. The van der Waals surface area contributed by atoms with Crippen molar-refractivity contribution in [2.75, 3.05) is 7.11 Å². The summed E-state index contributed by atoms with van der Waals surface area (Å²) in [5.41, 5.74) is 0.250. The van der Waals surface area contributed by atoms with Gasteiger partial charge in [-0.15, -0.1) is 0 Å². The minimum Gasteiger partial charge on any atom is -0.497 e. The largest absolute Gasteiger partial charge is 0.497 e. The van der Waals surface area contributed by atoms with Crippen LogP contribution in [0.15, 0.2) is 60.7 Å². The molecule has 0 radical (unpaired) electrons. The monoisotopic (exact) mass is 352 g/mol. The summed E-state index contributed by atoms with van der Waals surface area (Å²) in [5, 5.41) is 37.9. The Bertz CT molecular complexity index is 1000. The van der Waals surface area contributed by atoms with Crippen LogP contribution in [0, 0.1) is 50.7 Å². The van der Waals surface area contributed by atoms with Crippen molar-refractivity contribution in [1.82, 2.24) is 0 Å². The van der Waals surface area contributed by atoms with Crippen LogP contribution in [-0.2, 0) is 0 Å². The van der Waals surface area contributed by atoms with E-state index >= 15 is 0 Å². The Hall–Kier alpha value is -3.88. The zero-order valence-corrected chi connectivity index (χ0v) is 14.7. The topological polar surface area (TPSA) is 104 Å². The van der Waals surface area contributed by atoms with E-state index in [1.165, 1.54) is 0 Å². The van der Waals surface area contributed by atoms with E-state index in [0.29, 0.717) is 11.3 Å². The number of allylic oxidation sites excluding steroid dienone is 2. The van der Waals surface area contributed by atoms with Crippen molar-refractivity contribution in [2.24, 2.45) is 11.3 Å². The molecule has 0 spiro atoms. The molecule has 1 aliphatic rings. The van der Waals surface area contributed by atoms with Crippen LogP contribution in [0.5, 0.6) is 5.75 Å². The smallest absolute Gasteiger partial charge is 0.192 e. The molecular formula is C22H16N4O. The van der Waals surface area contributed by atoms with Gasteiger partial charge in [-0.25, -0.2) is 0 Å². The highest BCUT2D eigenvalue weighted by Crippen LogP contribution is 2.47. The van der Waals surface area contributed by atoms with Gasteiger partial charge in [-0.3, -0.25) is 0 Å². The zero-order valence-electron chi connectivity index (χ0n) is 14.7. The third-order valence-electron chi connectivity index (χ3n) is 4.90. The second-order valence-corrected chi connectivity index (χ2v) is 6.25. The first kappa shape index (κ1) is 17.9. The Balaban J connectivity index is 2.24. The highest BCUT2D eigenvalue weighted by atomic mass is 16.5. The van der Waals surface area contributed by atoms with Crippen molar-refractivity contribution in [3.8, 4) is 24.0 Å². The Morgan fingerprint density at radius 3 is 2.11 bits per heavy atom. The first-order valence-corrected chi connectivity index (χ1v) is 8.33. The predicted molar refractivity (Wildman–Crippen MR) is 101 cm³/mol. The number of benzene rings is 2. The summed E-state index contributed by atoms with van der Waals surface area (Å²) >= 11 is 0. The van der Waals surface area contributed by atoms with Crippen LogP contribution < -0.4 is 4.74 Å². The van der Waals surface area contributed by atoms with Crippen molar-refractivity contribution in [1.29, 1.82) is 21.2 Å². The molecule has 1 unspecified atom stereocenters. The third-order valence-corrected chi connectivity index (χ3v) is 4.90. The minimum absolute atomic E-state index is 0.183. The van der Waals surface area contributed by atoms with Crippen molar-refractivity contribution in [3.05, 3.63) is 71.8 Å². The van der Waals surface area contributed by atoms with Crippen molar-refractivity contribution < 1.29 is 4.74 Å². The van der Waals surface area contributed by atoms with Crippen LogP contribution in [-0.4, -0.2) is 12.8 Å². The number of ether oxygens (including phenoxy) is 1. The van der Waals surface area contributed by atoms with Gasteiger partial charge in [0.1, 0.15) is 11.7 Å². The van der Waals surface area contributed by atoms with E-state index in [1.807, 2.05) is 54.6 Å². The standard InChI is InChI=1S/C22H16N4O/c1-27-17-9-7-15(8-10-17)18-11-20(16-5-3-2-4-6-16)22(13-24,14-25)21(26)19(18)12-23/h2-11,19-20,26H,1H3/t19?,20-/m0/s1. The number of nitrogens with zero attached hydrogens (tertiary/aromatic N) is 3. The molecule has 0 saturated carbocycles. The maximum absolute atomic E-state index is 9.81. The summed E-state index contributed by atoms with van der Waals surface area (Å²) in [4.78, 5) is 0. The van der Waals surface area contributed by atoms with Crippen LogP contribution >= 0.6 is 0 Å². The van der Waals surface area contributed by atoms with Crippen molar-refractivity contribution in [3.63, 3.8) is 0 Å².